The van der Waals surface area contributed by atoms with E-state index in [0.717, 1.165) is 17.0 Å². The fraction of sp³-hybridized carbons (Fsp3) is 0.333. The number of aryl methyl sites for hydroxylation is 1. The highest BCUT2D eigenvalue weighted by atomic mass is 32.2. The first-order chi connectivity index (χ1) is 15.5. The number of amides is 1. The number of hydrogen-bond acceptors (Lipinski definition) is 5. The first kappa shape index (κ1) is 22.2. The van der Waals surface area contributed by atoms with Crippen molar-refractivity contribution in [3.05, 3.63) is 72.5 Å². The Morgan fingerprint density at radius 3 is 2.53 bits per heavy atom. The minimum Gasteiger partial charge on any atom is -0.361 e. The van der Waals surface area contributed by atoms with Crippen molar-refractivity contribution >= 4 is 15.9 Å². The van der Waals surface area contributed by atoms with Gasteiger partial charge in [0.25, 0.3) is 0 Å². The predicted octanol–water partition coefficient (Wildman–Crippen LogP) is 3.59. The van der Waals surface area contributed by atoms with Gasteiger partial charge in [-0.05, 0) is 31.4 Å². The van der Waals surface area contributed by atoms with Crippen LogP contribution < -0.4 is 0 Å². The maximum atomic E-state index is 13.0. The lowest BCUT2D eigenvalue weighted by Gasteiger charge is -2.27. The number of carbonyl (C=O) groups is 1. The molecule has 7 nitrogen and oxygen atoms in total. The third-order valence-corrected chi connectivity index (χ3v) is 7.68. The molecular weight excluding hydrogens is 426 g/mol. The summed E-state index contributed by atoms with van der Waals surface area (Å²) in [6, 6.07) is 19.4. The number of likely N-dealkylation sites (N-methyl/N-ethyl adjacent to an activating group) is 1. The lowest BCUT2D eigenvalue weighted by molar-refractivity contribution is -0.133. The molecule has 1 aliphatic heterocycles. The summed E-state index contributed by atoms with van der Waals surface area (Å²) < 4.78 is 32.8. The summed E-state index contributed by atoms with van der Waals surface area (Å²) in [5.74, 6) is 0.600. The fourth-order valence-corrected chi connectivity index (χ4v) is 5.71. The monoisotopic (exact) mass is 453 g/mol. The standard InChI is InChI=1S/C24H27N3O4S/c1-26(16-8-12-20-18-22(25-31-20)19-10-4-2-5-11-19)24(28)23-15-9-17-27(23)32(29,30)21-13-6-3-7-14-21/h2-7,10-11,13-14,18,23H,8-9,12,15-17H2,1H3. The molecule has 168 valence electrons. The van der Waals surface area contributed by atoms with Gasteiger partial charge >= 0.3 is 0 Å². The fourth-order valence-electron chi connectivity index (χ4n) is 4.03. The van der Waals surface area contributed by atoms with Crippen molar-refractivity contribution in [3.8, 4) is 11.3 Å². The molecule has 1 aromatic heterocycles. The summed E-state index contributed by atoms with van der Waals surface area (Å²) in [4.78, 5) is 14.9. The Labute approximate surface area is 188 Å². The topological polar surface area (TPSA) is 83.7 Å². The van der Waals surface area contributed by atoms with E-state index in [1.807, 2.05) is 36.4 Å². The van der Waals surface area contributed by atoms with E-state index >= 15 is 0 Å². The van der Waals surface area contributed by atoms with Crippen LogP contribution in [0.25, 0.3) is 11.3 Å². The molecule has 0 bridgehead atoms. The molecule has 32 heavy (non-hydrogen) atoms. The van der Waals surface area contributed by atoms with Crippen molar-refractivity contribution in [1.82, 2.24) is 14.4 Å². The summed E-state index contributed by atoms with van der Waals surface area (Å²) in [5.41, 5.74) is 1.79. The second kappa shape index (κ2) is 9.67. The third-order valence-electron chi connectivity index (χ3n) is 5.76. The Morgan fingerprint density at radius 1 is 1.12 bits per heavy atom. The Morgan fingerprint density at radius 2 is 1.81 bits per heavy atom. The summed E-state index contributed by atoms with van der Waals surface area (Å²) in [5, 5.41) is 4.12. The highest BCUT2D eigenvalue weighted by molar-refractivity contribution is 7.89. The van der Waals surface area contributed by atoms with Crippen LogP contribution in [0.5, 0.6) is 0 Å². The van der Waals surface area contributed by atoms with Crippen LogP contribution in [0.1, 0.15) is 25.0 Å². The van der Waals surface area contributed by atoms with Gasteiger partial charge in [0, 0.05) is 38.2 Å². The zero-order chi connectivity index (χ0) is 22.6. The van der Waals surface area contributed by atoms with Gasteiger partial charge in [-0.25, -0.2) is 8.42 Å². The molecule has 0 saturated carbocycles. The smallest absolute Gasteiger partial charge is 0.243 e. The molecule has 8 heteroatoms. The molecule has 2 heterocycles. The number of aromatic nitrogens is 1. The number of sulfonamides is 1. The van der Waals surface area contributed by atoms with Crippen molar-refractivity contribution in [2.45, 2.75) is 36.6 Å². The average Bonchev–Trinajstić information content (AvgIpc) is 3.50. The van der Waals surface area contributed by atoms with Crippen LogP contribution in [0.4, 0.5) is 0 Å². The van der Waals surface area contributed by atoms with Crippen molar-refractivity contribution in [2.75, 3.05) is 20.1 Å². The number of rotatable bonds is 8. The molecule has 1 aliphatic rings. The van der Waals surface area contributed by atoms with Crippen molar-refractivity contribution in [2.24, 2.45) is 0 Å². The average molecular weight is 454 g/mol. The molecule has 0 N–H and O–H groups in total. The maximum Gasteiger partial charge on any atom is 0.243 e. The molecule has 1 atom stereocenters. The Bertz CT molecular complexity index is 1150. The SMILES string of the molecule is CN(CCCc1cc(-c2ccccc2)no1)C(=O)C1CCCN1S(=O)(=O)c1ccccc1. The first-order valence-corrected chi connectivity index (χ1v) is 12.2. The van der Waals surface area contributed by atoms with E-state index in [-0.39, 0.29) is 10.8 Å². The van der Waals surface area contributed by atoms with Gasteiger partial charge in [-0.1, -0.05) is 53.7 Å². The summed E-state index contributed by atoms with van der Waals surface area (Å²) in [6.07, 6.45) is 2.56. The zero-order valence-electron chi connectivity index (χ0n) is 18.1. The van der Waals surface area contributed by atoms with Gasteiger partial charge in [-0.3, -0.25) is 4.79 Å². The first-order valence-electron chi connectivity index (χ1n) is 10.8. The number of hydrogen-bond donors (Lipinski definition) is 0. The van der Waals surface area contributed by atoms with Gasteiger partial charge < -0.3 is 9.42 Å². The second-order valence-electron chi connectivity index (χ2n) is 7.99. The van der Waals surface area contributed by atoms with Crippen LogP contribution in [0.2, 0.25) is 0 Å². The van der Waals surface area contributed by atoms with Gasteiger partial charge in [-0.2, -0.15) is 4.31 Å². The molecule has 4 rings (SSSR count). The van der Waals surface area contributed by atoms with Crippen molar-refractivity contribution < 1.29 is 17.7 Å². The molecule has 1 unspecified atom stereocenters. The Balaban J connectivity index is 1.34. The summed E-state index contributed by atoms with van der Waals surface area (Å²) in [6.45, 7) is 0.873. The molecule has 0 aliphatic carbocycles. The van der Waals surface area contributed by atoms with E-state index in [1.54, 1.807) is 42.3 Å². The van der Waals surface area contributed by atoms with Crippen molar-refractivity contribution in [3.63, 3.8) is 0 Å². The highest BCUT2D eigenvalue weighted by Gasteiger charge is 2.40. The van der Waals surface area contributed by atoms with Gasteiger partial charge in [0.2, 0.25) is 15.9 Å². The maximum absolute atomic E-state index is 13.0. The van der Waals surface area contributed by atoms with E-state index in [0.29, 0.717) is 38.8 Å². The molecule has 3 aromatic rings. The van der Waals surface area contributed by atoms with E-state index in [1.165, 1.54) is 4.31 Å². The highest BCUT2D eigenvalue weighted by Crippen LogP contribution is 2.27. The van der Waals surface area contributed by atoms with Crippen LogP contribution in [-0.2, 0) is 21.2 Å². The van der Waals surface area contributed by atoms with Crippen LogP contribution in [0, 0.1) is 0 Å². The number of benzene rings is 2. The van der Waals surface area contributed by atoms with Crippen molar-refractivity contribution in [1.29, 1.82) is 0 Å². The minimum absolute atomic E-state index is 0.162. The van der Waals surface area contributed by atoms with Gasteiger partial charge in [0.15, 0.2) is 0 Å². The van der Waals surface area contributed by atoms with E-state index in [9.17, 15) is 13.2 Å². The summed E-state index contributed by atoms with van der Waals surface area (Å²) >= 11 is 0. The normalized spacial score (nSPS) is 16.8. The molecular formula is C24H27N3O4S. The van der Waals surface area contributed by atoms with Crippen LogP contribution in [0.15, 0.2) is 76.1 Å². The Kier molecular flexibility index (Phi) is 6.72. The molecule has 2 aromatic carbocycles. The van der Waals surface area contributed by atoms with Crippen LogP contribution in [-0.4, -0.2) is 54.9 Å². The predicted molar refractivity (Wildman–Crippen MR) is 121 cm³/mol. The molecule has 0 spiro atoms. The molecule has 0 radical (unpaired) electrons. The minimum atomic E-state index is -3.69. The quantitative estimate of drug-likeness (QED) is 0.521. The Hall–Kier alpha value is -2.97. The zero-order valence-corrected chi connectivity index (χ0v) is 18.9. The second-order valence-corrected chi connectivity index (χ2v) is 9.89. The van der Waals surface area contributed by atoms with Gasteiger partial charge in [-0.15, -0.1) is 0 Å². The van der Waals surface area contributed by atoms with Gasteiger partial charge in [0.1, 0.15) is 17.5 Å². The van der Waals surface area contributed by atoms with E-state index < -0.39 is 16.1 Å². The third kappa shape index (κ3) is 4.76. The summed E-state index contributed by atoms with van der Waals surface area (Å²) in [7, 11) is -1.97. The lowest BCUT2D eigenvalue weighted by Crippen LogP contribution is -2.46. The van der Waals surface area contributed by atoms with Gasteiger partial charge in [0.05, 0.1) is 4.90 Å². The lowest BCUT2D eigenvalue weighted by atomic mass is 10.1. The van der Waals surface area contributed by atoms with E-state index in [2.05, 4.69) is 5.16 Å². The van der Waals surface area contributed by atoms with Crippen LogP contribution in [0.3, 0.4) is 0 Å². The number of nitrogens with zero attached hydrogens (tertiary/aromatic N) is 3. The number of carbonyl (C=O) groups excluding carboxylic acids is 1. The molecule has 1 fully saturated rings. The van der Waals surface area contributed by atoms with E-state index in [4.69, 9.17) is 4.52 Å². The largest absolute Gasteiger partial charge is 0.361 e. The molecule has 1 amide bonds. The van der Waals surface area contributed by atoms with Crippen LogP contribution >= 0.6 is 0 Å². The molecule has 1 saturated heterocycles.